The molecule has 0 aliphatic carbocycles. The maximum Gasteiger partial charge on any atom is 0.269 e. The quantitative estimate of drug-likeness (QED) is 0.654. The minimum absolute atomic E-state index is 0.0347. The molecule has 7 nitrogen and oxygen atoms in total. The van der Waals surface area contributed by atoms with E-state index >= 15 is 0 Å². The Morgan fingerprint density at radius 2 is 1.68 bits per heavy atom. The maximum atomic E-state index is 11.7. The third-order valence-electron chi connectivity index (χ3n) is 2.79. The fourth-order valence-corrected chi connectivity index (χ4v) is 1.68. The summed E-state index contributed by atoms with van der Waals surface area (Å²) < 4.78 is 10.3. The van der Waals surface area contributed by atoms with Gasteiger partial charge in [0.15, 0.2) is 6.61 Å². The van der Waals surface area contributed by atoms with E-state index in [1.165, 1.54) is 24.3 Å². The Morgan fingerprint density at radius 3 is 2.23 bits per heavy atom. The minimum atomic E-state index is -0.502. The molecule has 0 spiro atoms. The lowest BCUT2D eigenvalue weighted by Gasteiger charge is -2.08. The van der Waals surface area contributed by atoms with Crippen molar-refractivity contribution in [3.63, 3.8) is 0 Å². The molecule has 0 fully saturated rings. The molecule has 2 aromatic carbocycles. The second-order valence-corrected chi connectivity index (χ2v) is 4.32. The number of anilines is 1. The van der Waals surface area contributed by atoms with Gasteiger partial charge in [-0.25, -0.2) is 0 Å². The van der Waals surface area contributed by atoms with E-state index < -0.39 is 4.92 Å². The molecular weight excluding hydrogens is 288 g/mol. The highest BCUT2D eigenvalue weighted by Crippen LogP contribution is 2.17. The highest BCUT2D eigenvalue weighted by atomic mass is 16.6. The van der Waals surface area contributed by atoms with Gasteiger partial charge < -0.3 is 14.8 Å². The summed E-state index contributed by atoms with van der Waals surface area (Å²) in [6.07, 6.45) is 0. The first-order valence-corrected chi connectivity index (χ1v) is 6.39. The van der Waals surface area contributed by atoms with Gasteiger partial charge in [0.25, 0.3) is 11.6 Å². The number of non-ortho nitro benzene ring substituents is 1. The third kappa shape index (κ3) is 4.20. The van der Waals surface area contributed by atoms with Crippen molar-refractivity contribution < 1.29 is 19.2 Å². The highest BCUT2D eigenvalue weighted by molar-refractivity contribution is 5.91. The number of amides is 1. The number of carbonyl (C=O) groups is 1. The van der Waals surface area contributed by atoms with Crippen LogP contribution in [0, 0.1) is 10.1 Å². The molecule has 0 bridgehead atoms. The average molecular weight is 302 g/mol. The van der Waals surface area contributed by atoms with E-state index in [0.29, 0.717) is 17.2 Å². The fourth-order valence-electron chi connectivity index (χ4n) is 1.68. The number of nitro benzene ring substituents is 1. The number of hydrogen-bond acceptors (Lipinski definition) is 5. The Morgan fingerprint density at radius 1 is 1.09 bits per heavy atom. The van der Waals surface area contributed by atoms with Crippen molar-refractivity contribution in [1.29, 1.82) is 0 Å². The first kappa shape index (κ1) is 15.3. The van der Waals surface area contributed by atoms with Gasteiger partial charge in [0.05, 0.1) is 12.0 Å². The molecule has 22 heavy (non-hydrogen) atoms. The summed E-state index contributed by atoms with van der Waals surface area (Å²) >= 11 is 0. The number of methoxy groups -OCH3 is 1. The molecule has 0 atom stereocenters. The van der Waals surface area contributed by atoms with Gasteiger partial charge in [-0.2, -0.15) is 0 Å². The van der Waals surface area contributed by atoms with E-state index in [-0.39, 0.29) is 18.2 Å². The molecule has 0 heterocycles. The van der Waals surface area contributed by atoms with Gasteiger partial charge in [-0.15, -0.1) is 0 Å². The molecule has 2 aromatic rings. The number of benzene rings is 2. The largest absolute Gasteiger partial charge is 0.497 e. The summed E-state index contributed by atoms with van der Waals surface area (Å²) in [6, 6.07) is 12.4. The first-order chi connectivity index (χ1) is 10.6. The topological polar surface area (TPSA) is 90.7 Å². The lowest BCUT2D eigenvalue weighted by molar-refractivity contribution is -0.384. The summed E-state index contributed by atoms with van der Waals surface area (Å²) in [6.45, 7) is -0.163. The van der Waals surface area contributed by atoms with Gasteiger partial charge in [0.2, 0.25) is 0 Å². The maximum absolute atomic E-state index is 11.7. The summed E-state index contributed by atoms with van der Waals surface area (Å²) in [4.78, 5) is 21.8. The molecule has 0 aromatic heterocycles. The first-order valence-electron chi connectivity index (χ1n) is 6.39. The number of ether oxygens (including phenoxy) is 2. The molecule has 0 saturated heterocycles. The molecule has 114 valence electrons. The van der Waals surface area contributed by atoms with Crippen molar-refractivity contribution in [2.75, 3.05) is 19.0 Å². The standard InChI is InChI=1S/C15H14N2O5/c1-21-13-6-8-14(9-7-13)22-10-15(18)16-11-2-4-12(5-3-11)17(19)20/h2-9H,10H2,1H3,(H,16,18). The van der Waals surface area contributed by atoms with E-state index in [9.17, 15) is 14.9 Å². The normalized spacial score (nSPS) is 9.86. The third-order valence-corrected chi connectivity index (χ3v) is 2.79. The molecule has 7 heteroatoms. The number of carbonyl (C=O) groups excluding carboxylic acids is 1. The average Bonchev–Trinajstić information content (AvgIpc) is 2.54. The molecule has 0 saturated carbocycles. The van der Waals surface area contributed by atoms with E-state index in [1.54, 1.807) is 31.4 Å². The van der Waals surface area contributed by atoms with Crippen LogP contribution in [0.5, 0.6) is 11.5 Å². The van der Waals surface area contributed by atoms with Crippen LogP contribution < -0.4 is 14.8 Å². The Balaban J connectivity index is 1.85. The van der Waals surface area contributed by atoms with Crippen LogP contribution in [0.4, 0.5) is 11.4 Å². The molecule has 2 rings (SSSR count). The Hall–Kier alpha value is -3.09. The van der Waals surface area contributed by atoms with E-state index in [0.717, 1.165) is 0 Å². The van der Waals surface area contributed by atoms with Crippen LogP contribution in [0.3, 0.4) is 0 Å². The molecule has 0 aliphatic heterocycles. The summed E-state index contributed by atoms with van der Waals surface area (Å²) in [7, 11) is 1.56. The summed E-state index contributed by atoms with van der Waals surface area (Å²) in [5, 5.41) is 13.1. The van der Waals surface area contributed by atoms with Crippen molar-refractivity contribution in [3.8, 4) is 11.5 Å². The zero-order valence-electron chi connectivity index (χ0n) is 11.8. The number of nitro groups is 1. The monoisotopic (exact) mass is 302 g/mol. The Labute approximate surface area is 126 Å². The SMILES string of the molecule is COc1ccc(OCC(=O)Nc2ccc([N+](=O)[O-])cc2)cc1. The van der Waals surface area contributed by atoms with E-state index in [4.69, 9.17) is 9.47 Å². The second-order valence-electron chi connectivity index (χ2n) is 4.32. The van der Waals surface area contributed by atoms with Gasteiger partial charge in [-0.1, -0.05) is 0 Å². The van der Waals surface area contributed by atoms with Crippen molar-refractivity contribution in [3.05, 3.63) is 58.6 Å². The van der Waals surface area contributed by atoms with Crippen molar-refractivity contribution in [2.24, 2.45) is 0 Å². The number of nitrogens with zero attached hydrogens (tertiary/aromatic N) is 1. The van der Waals surface area contributed by atoms with Crippen LogP contribution in [0.2, 0.25) is 0 Å². The van der Waals surface area contributed by atoms with Gasteiger partial charge in [-0.05, 0) is 36.4 Å². The summed E-state index contributed by atoms with van der Waals surface area (Å²) in [5.74, 6) is 0.881. The second kappa shape index (κ2) is 7.07. The van der Waals surface area contributed by atoms with Crippen molar-refractivity contribution >= 4 is 17.3 Å². The van der Waals surface area contributed by atoms with Gasteiger partial charge in [0.1, 0.15) is 11.5 Å². The Bertz CT molecular complexity index is 653. The summed E-state index contributed by atoms with van der Waals surface area (Å²) in [5.41, 5.74) is 0.432. The van der Waals surface area contributed by atoms with Crippen molar-refractivity contribution in [1.82, 2.24) is 0 Å². The van der Waals surface area contributed by atoms with Crippen LogP contribution in [0.1, 0.15) is 0 Å². The molecular formula is C15H14N2O5. The molecule has 0 aliphatic rings. The van der Waals surface area contributed by atoms with Gasteiger partial charge >= 0.3 is 0 Å². The van der Waals surface area contributed by atoms with Crippen LogP contribution >= 0.6 is 0 Å². The zero-order chi connectivity index (χ0) is 15.9. The molecule has 0 radical (unpaired) electrons. The van der Waals surface area contributed by atoms with E-state index in [1.807, 2.05) is 0 Å². The lowest BCUT2D eigenvalue weighted by Crippen LogP contribution is -2.20. The van der Waals surface area contributed by atoms with Crippen LogP contribution in [0.25, 0.3) is 0 Å². The molecule has 0 unspecified atom stereocenters. The number of nitrogens with one attached hydrogen (secondary N) is 1. The van der Waals surface area contributed by atoms with Crippen LogP contribution in [-0.4, -0.2) is 24.5 Å². The molecule has 1 N–H and O–H groups in total. The zero-order valence-corrected chi connectivity index (χ0v) is 11.8. The lowest BCUT2D eigenvalue weighted by atomic mass is 10.3. The number of rotatable bonds is 6. The Kier molecular flexibility index (Phi) is 4.92. The fraction of sp³-hybridized carbons (Fsp3) is 0.133. The van der Waals surface area contributed by atoms with Crippen LogP contribution in [-0.2, 0) is 4.79 Å². The van der Waals surface area contributed by atoms with Crippen LogP contribution in [0.15, 0.2) is 48.5 Å². The number of hydrogen-bond donors (Lipinski definition) is 1. The van der Waals surface area contributed by atoms with Gasteiger partial charge in [-0.3, -0.25) is 14.9 Å². The predicted octanol–water partition coefficient (Wildman–Crippen LogP) is 2.62. The van der Waals surface area contributed by atoms with E-state index in [2.05, 4.69) is 5.32 Å². The molecule has 1 amide bonds. The highest BCUT2D eigenvalue weighted by Gasteiger charge is 2.07. The van der Waals surface area contributed by atoms with Gasteiger partial charge in [0, 0.05) is 17.8 Å². The predicted molar refractivity (Wildman–Crippen MR) is 80.2 cm³/mol. The minimum Gasteiger partial charge on any atom is -0.497 e. The van der Waals surface area contributed by atoms with Crippen molar-refractivity contribution in [2.45, 2.75) is 0 Å². The smallest absolute Gasteiger partial charge is 0.269 e.